The minimum Gasteiger partial charge on any atom is -0.463 e. The molecule has 1 rings (SSSR count). The van der Waals surface area contributed by atoms with Gasteiger partial charge < -0.3 is 9.47 Å². The van der Waals surface area contributed by atoms with Crippen molar-refractivity contribution in [2.45, 2.75) is 38.7 Å². The Morgan fingerprint density at radius 3 is 2.60 bits per heavy atom. The number of rotatable bonds is 7. The summed E-state index contributed by atoms with van der Waals surface area (Å²) in [6.45, 7) is 3.58. The predicted octanol–water partition coefficient (Wildman–Crippen LogP) is 3.37. The standard InChI is InChI=1S/C15H19ClO4/c1-3-4-9-19-15(18)14(20-11(2)17)13-8-6-5-7-12(13)10-16/h5-8,14H,3-4,9-10H2,1-2H3. The van der Waals surface area contributed by atoms with E-state index in [9.17, 15) is 9.59 Å². The first-order valence-corrected chi connectivity index (χ1v) is 7.11. The molecule has 0 spiro atoms. The van der Waals surface area contributed by atoms with Gasteiger partial charge in [-0.2, -0.15) is 0 Å². The number of ether oxygens (including phenoxy) is 2. The highest BCUT2D eigenvalue weighted by Crippen LogP contribution is 2.24. The van der Waals surface area contributed by atoms with Crippen molar-refractivity contribution in [1.29, 1.82) is 0 Å². The Morgan fingerprint density at radius 1 is 1.30 bits per heavy atom. The van der Waals surface area contributed by atoms with Gasteiger partial charge in [-0.1, -0.05) is 37.6 Å². The second-order valence-corrected chi connectivity index (χ2v) is 4.61. The average Bonchev–Trinajstić information content (AvgIpc) is 2.44. The monoisotopic (exact) mass is 298 g/mol. The Hall–Kier alpha value is -1.55. The summed E-state index contributed by atoms with van der Waals surface area (Å²) in [6, 6.07) is 7.08. The molecular formula is C15H19ClO4. The van der Waals surface area contributed by atoms with Crippen molar-refractivity contribution in [3.8, 4) is 0 Å². The van der Waals surface area contributed by atoms with E-state index < -0.39 is 18.0 Å². The van der Waals surface area contributed by atoms with E-state index in [0.717, 1.165) is 18.4 Å². The Labute approximate surface area is 124 Å². The fourth-order valence-electron chi connectivity index (χ4n) is 1.71. The summed E-state index contributed by atoms with van der Waals surface area (Å²) in [4.78, 5) is 23.3. The quantitative estimate of drug-likeness (QED) is 0.440. The fraction of sp³-hybridized carbons (Fsp3) is 0.467. The van der Waals surface area contributed by atoms with Crippen molar-refractivity contribution in [1.82, 2.24) is 0 Å². The zero-order valence-electron chi connectivity index (χ0n) is 11.7. The van der Waals surface area contributed by atoms with Crippen molar-refractivity contribution in [3.05, 3.63) is 35.4 Å². The number of hydrogen-bond donors (Lipinski definition) is 0. The van der Waals surface area contributed by atoms with Crippen LogP contribution < -0.4 is 0 Å². The molecule has 0 amide bonds. The van der Waals surface area contributed by atoms with Gasteiger partial charge >= 0.3 is 11.9 Å². The van der Waals surface area contributed by atoms with E-state index in [2.05, 4.69) is 0 Å². The first kappa shape index (κ1) is 16.5. The molecule has 1 unspecified atom stereocenters. The Balaban J connectivity index is 2.93. The molecule has 0 aliphatic rings. The third-order valence-corrected chi connectivity index (χ3v) is 3.01. The SMILES string of the molecule is CCCCOC(=O)C(OC(C)=O)c1ccccc1CCl. The zero-order valence-corrected chi connectivity index (χ0v) is 12.5. The summed E-state index contributed by atoms with van der Waals surface area (Å²) in [7, 11) is 0. The van der Waals surface area contributed by atoms with Crippen molar-refractivity contribution in [2.75, 3.05) is 6.61 Å². The fourth-order valence-corrected chi connectivity index (χ4v) is 1.95. The Morgan fingerprint density at radius 2 is 2.00 bits per heavy atom. The number of benzene rings is 1. The molecule has 0 aromatic heterocycles. The van der Waals surface area contributed by atoms with Crippen LogP contribution in [-0.2, 0) is 24.9 Å². The molecule has 4 nitrogen and oxygen atoms in total. The minimum absolute atomic E-state index is 0.232. The molecule has 0 aliphatic heterocycles. The van der Waals surface area contributed by atoms with Crippen LogP contribution in [0.15, 0.2) is 24.3 Å². The third-order valence-electron chi connectivity index (χ3n) is 2.72. The zero-order chi connectivity index (χ0) is 15.0. The van der Waals surface area contributed by atoms with Gasteiger partial charge in [0.2, 0.25) is 6.10 Å². The molecular weight excluding hydrogens is 280 g/mol. The van der Waals surface area contributed by atoms with Gasteiger partial charge in [0.05, 0.1) is 6.61 Å². The number of esters is 2. The molecule has 1 atom stereocenters. The molecule has 0 aliphatic carbocycles. The molecule has 0 saturated carbocycles. The maximum atomic E-state index is 12.1. The molecule has 0 heterocycles. The molecule has 110 valence electrons. The number of unbranched alkanes of at least 4 members (excludes halogenated alkanes) is 1. The lowest BCUT2D eigenvalue weighted by molar-refractivity contribution is -0.167. The van der Waals surface area contributed by atoms with Crippen LogP contribution in [0, 0.1) is 0 Å². The summed E-state index contributed by atoms with van der Waals surface area (Å²) in [6.07, 6.45) is 0.638. The summed E-state index contributed by atoms with van der Waals surface area (Å²) in [5.74, 6) is -0.867. The van der Waals surface area contributed by atoms with Crippen LogP contribution >= 0.6 is 11.6 Å². The van der Waals surface area contributed by atoms with Crippen LogP contribution in [0.4, 0.5) is 0 Å². The molecule has 0 bridgehead atoms. The summed E-state index contributed by atoms with van der Waals surface area (Å²) >= 11 is 5.85. The van der Waals surface area contributed by atoms with Crippen molar-refractivity contribution in [3.63, 3.8) is 0 Å². The van der Waals surface area contributed by atoms with E-state index in [-0.39, 0.29) is 5.88 Å². The number of halogens is 1. The maximum Gasteiger partial charge on any atom is 0.352 e. The summed E-state index contributed by atoms with van der Waals surface area (Å²) in [5.41, 5.74) is 1.31. The van der Waals surface area contributed by atoms with Crippen LogP contribution in [-0.4, -0.2) is 18.5 Å². The van der Waals surface area contributed by atoms with Gasteiger partial charge in [0.1, 0.15) is 0 Å². The number of carbonyl (C=O) groups excluding carboxylic acids is 2. The van der Waals surface area contributed by atoms with Crippen molar-refractivity contribution >= 4 is 23.5 Å². The Bertz CT molecular complexity index is 459. The van der Waals surface area contributed by atoms with E-state index in [1.165, 1.54) is 6.92 Å². The average molecular weight is 299 g/mol. The van der Waals surface area contributed by atoms with Crippen LogP contribution in [0.3, 0.4) is 0 Å². The highest BCUT2D eigenvalue weighted by Gasteiger charge is 2.27. The number of alkyl halides is 1. The number of hydrogen-bond acceptors (Lipinski definition) is 4. The molecule has 0 saturated heterocycles. The maximum absolute atomic E-state index is 12.1. The first-order chi connectivity index (χ1) is 9.60. The molecule has 1 aromatic carbocycles. The smallest absolute Gasteiger partial charge is 0.352 e. The highest BCUT2D eigenvalue weighted by molar-refractivity contribution is 6.17. The Kier molecular flexibility index (Phi) is 7.09. The molecule has 5 heteroatoms. The van der Waals surface area contributed by atoms with E-state index >= 15 is 0 Å². The predicted molar refractivity (Wildman–Crippen MR) is 76.4 cm³/mol. The van der Waals surface area contributed by atoms with Crippen LogP contribution in [0.5, 0.6) is 0 Å². The van der Waals surface area contributed by atoms with Gasteiger partial charge in [-0.3, -0.25) is 4.79 Å². The van der Waals surface area contributed by atoms with E-state index in [1.807, 2.05) is 13.0 Å². The van der Waals surface area contributed by atoms with Gasteiger partial charge in [-0.25, -0.2) is 4.79 Å². The molecule has 1 aromatic rings. The normalized spacial score (nSPS) is 11.8. The second-order valence-electron chi connectivity index (χ2n) is 4.34. The van der Waals surface area contributed by atoms with Crippen LogP contribution in [0.1, 0.15) is 43.9 Å². The molecule has 20 heavy (non-hydrogen) atoms. The number of carbonyl (C=O) groups is 2. The lowest BCUT2D eigenvalue weighted by Gasteiger charge is -2.18. The minimum atomic E-state index is -1.06. The van der Waals surface area contributed by atoms with Crippen LogP contribution in [0.2, 0.25) is 0 Å². The first-order valence-electron chi connectivity index (χ1n) is 6.57. The topological polar surface area (TPSA) is 52.6 Å². The molecule has 0 N–H and O–H groups in total. The van der Waals surface area contributed by atoms with E-state index in [0.29, 0.717) is 12.2 Å². The van der Waals surface area contributed by atoms with Gasteiger partial charge in [-0.15, -0.1) is 11.6 Å². The lowest BCUT2D eigenvalue weighted by Crippen LogP contribution is -2.22. The molecule has 0 fully saturated rings. The second kappa shape index (κ2) is 8.59. The largest absolute Gasteiger partial charge is 0.463 e. The molecule has 0 radical (unpaired) electrons. The van der Waals surface area contributed by atoms with E-state index in [1.54, 1.807) is 18.2 Å². The van der Waals surface area contributed by atoms with Gasteiger partial charge in [0, 0.05) is 18.4 Å². The van der Waals surface area contributed by atoms with Gasteiger partial charge in [0.15, 0.2) is 0 Å². The van der Waals surface area contributed by atoms with Crippen molar-refractivity contribution in [2.24, 2.45) is 0 Å². The lowest BCUT2D eigenvalue weighted by atomic mass is 10.0. The van der Waals surface area contributed by atoms with Crippen LogP contribution in [0.25, 0.3) is 0 Å². The van der Waals surface area contributed by atoms with E-state index in [4.69, 9.17) is 21.1 Å². The third kappa shape index (κ3) is 4.85. The van der Waals surface area contributed by atoms with Gasteiger partial charge in [-0.05, 0) is 12.0 Å². The summed E-state index contributed by atoms with van der Waals surface area (Å²) in [5, 5.41) is 0. The van der Waals surface area contributed by atoms with Crippen molar-refractivity contribution < 1.29 is 19.1 Å². The van der Waals surface area contributed by atoms with Gasteiger partial charge in [0.25, 0.3) is 0 Å². The summed E-state index contributed by atoms with van der Waals surface area (Å²) < 4.78 is 10.2. The highest BCUT2D eigenvalue weighted by atomic mass is 35.5.